The minimum Gasteiger partial charge on any atom is -0.491 e. The van der Waals surface area contributed by atoms with E-state index < -0.39 is 0 Å². The number of carbonyl (C=O) groups is 1. The standard InChI is InChI=1S/C17H16N2O3S/c18-10-13-7-9-23-17(13)19-16(20)12-3-5-14(6-4-12)22-11-15-2-1-8-21-15/h3-7,9,15H,1-2,8,11H2,(H,19,20)/t15-/m1/s1. The molecule has 23 heavy (non-hydrogen) atoms. The SMILES string of the molecule is N#Cc1ccsc1NC(=O)c1ccc(OC[C@H]2CCCO2)cc1. The maximum absolute atomic E-state index is 12.2. The summed E-state index contributed by atoms with van der Waals surface area (Å²) in [5, 5.41) is 14.0. The fourth-order valence-electron chi connectivity index (χ4n) is 2.34. The third-order valence-electron chi connectivity index (χ3n) is 3.59. The van der Waals surface area contributed by atoms with Gasteiger partial charge in [-0.25, -0.2) is 0 Å². The normalized spacial score (nSPS) is 16.7. The van der Waals surface area contributed by atoms with E-state index in [2.05, 4.69) is 5.32 Å². The average Bonchev–Trinajstić information content (AvgIpc) is 3.24. The Morgan fingerprint density at radius 2 is 2.22 bits per heavy atom. The van der Waals surface area contributed by atoms with Crippen LogP contribution in [0, 0.1) is 11.3 Å². The van der Waals surface area contributed by atoms with Crippen LogP contribution in [0.3, 0.4) is 0 Å². The van der Waals surface area contributed by atoms with Gasteiger partial charge >= 0.3 is 0 Å². The summed E-state index contributed by atoms with van der Waals surface area (Å²) >= 11 is 1.33. The zero-order valence-corrected chi connectivity index (χ0v) is 13.3. The highest BCUT2D eigenvalue weighted by molar-refractivity contribution is 7.14. The molecule has 1 fully saturated rings. The Morgan fingerprint density at radius 3 is 2.91 bits per heavy atom. The molecule has 2 heterocycles. The van der Waals surface area contributed by atoms with Crippen LogP contribution >= 0.6 is 11.3 Å². The van der Waals surface area contributed by atoms with E-state index >= 15 is 0 Å². The molecule has 6 heteroatoms. The first-order valence-electron chi connectivity index (χ1n) is 7.39. The Kier molecular flexibility index (Phi) is 4.91. The van der Waals surface area contributed by atoms with Crippen molar-refractivity contribution in [2.45, 2.75) is 18.9 Å². The number of nitriles is 1. The van der Waals surface area contributed by atoms with Crippen molar-refractivity contribution < 1.29 is 14.3 Å². The molecule has 1 aromatic carbocycles. The van der Waals surface area contributed by atoms with Crippen LogP contribution < -0.4 is 10.1 Å². The zero-order chi connectivity index (χ0) is 16.1. The molecule has 0 saturated carbocycles. The largest absolute Gasteiger partial charge is 0.491 e. The number of ether oxygens (including phenoxy) is 2. The molecule has 1 saturated heterocycles. The predicted octanol–water partition coefficient (Wildman–Crippen LogP) is 3.43. The Labute approximate surface area is 138 Å². The van der Waals surface area contributed by atoms with Gasteiger partial charge in [-0.1, -0.05) is 0 Å². The summed E-state index contributed by atoms with van der Waals surface area (Å²) in [6.07, 6.45) is 2.28. The molecule has 5 nitrogen and oxygen atoms in total. The van der Waals surface area contributed by atoms with Crippen molar-refractivity contribution >= 4 is 22.2 Å². The maximum Gasteiger partial charge on any atom is 0.256 e. The van der Waals surface area contributed by atoms with Crippen LogP contribution in [0.1, 0.15) is 28.8 Å². The fraction of sp³-hybridized carbons (Fsp3) is 0.294. The zero-order valence-electron chi connectivity index (χ0n) is 12.5. The van der Waals surface area contributed by atoms with Crippen LogP contribution in [0.2, 0.25) is 0 Å². The first-order chi connectivity index (χ1) is 11.3. The van der Waals surface area contributed by atoms with Crippen LogP contribution in [0.4, 0.5) is 5.00 Å². The lowest BCUT2D eigenvalue weighted by molar-refractivity contribution is 0.0679. The molecule has 1 aliphatic rings. The van der Waals surface area contributed by atoms with Crippen molar-refractivity contribution in [1.29, 1.82) is 5.26 Å². The van der Waals surface area contributed by atoms with E-state index in [-0.39, 0.29) is 12.0 Å². The number of hydrogen-bond acceptors (Lipinski definition) is 5. The lowest BCUT2D eigenvalue weighted by Crippen LogP contribution is -2.16. The van der Waals surface area contributed by atoms with E-state index in [0.29, 0.717) is 28.5 Å². The first kappa shape index (κ1) is 15.5. The van der Waals surface area contributed by atoms with Crippen LogP contribution in [0.25, 0.3) is 0 Å². The number of anilines is 1. The summed E-state index contributed by atoms with van der Waals surface area (Å²) in [7, 11) is 0. The molecule has 1 aliphatic heterocycles. The van der Waals surface area contributed by atoms with Gasteiger partial charge in [0, 0.05) is 12.2 Å². The van der Waals surface area contributed by atoms with E-state index in [1.807, 2.05) is 6.07 Å². The molecule has 2 aromatic rings. The quantitative estimate of drug-likeness (QED) is 0.913. The highest BCUT2D eigenvalue weighted by Gasteiger charge is 2.16. The van der Waals surface area contributed by atoms with Crippen LogP contribution in [0.5, 0.6) is 5.75 Å². The molecule has 1 aromatic heterocycles. The van der Waals surface area contributed by atoms with Gasteiger partial charge in [0.25, 0.3) is 5.91 Å². The van der Waals surface area contributed by atoms with Crippen molar-refractivity contribution in [3.63, 3.8) is 0 Å². The topological polar surface area (TPSA) is 71.4 Å². The first-order valence-corrected chi connectivity index (χ1v) is 8.27. The molecule has 0 bridgehead atoms. The van der Waals surface area contributed by atoms with Gasteiger partial charge in [0.1, 0.15) is 23.4 Å². The molecule has 1 amide bonds. The highest BCUT2D eigenvalue weighted by atomic mass is 32.1. The summed E-state index contributed by atoms with van der Waals surface area (Å²) in [5.74, 6) is 0.473. The summed E-state index contributed by atoms with van der Waals surface area (Å²) in [6.45, 7) is 1.34. The summed E-state index contributed by atoms with van der Waals surface area (Å²) in [5.41, 5.74) is 0.992. The lowest BCUT2D eigenvalue weighted by atomic mass is 10.2. The molecular weight excluding hydrogens is 312 g/mol. The van der Waals surface area contributed by atoms with Crippen LogP contribution in [0.15, 0.2) is 35.7 Å². The molecule has 0 spiro atoms. The van der Waals surface area contributed by atoms with Crippen molar-refractivity contribution in [3.05, 3.63) is 46.8 Å². The number of thiophene rings is 1. The predicted molar refractivity (Wildman–Crippen MR) is 87.9 cm³/mol. The summed E-state index contributed by atoms with van der Waals surface area (Å²) in [6, 6.07) is 10.7. The van der Waals surface area contributed by atoms with Gasteiger partial charge in [0.15, 0.2) is 0 Å². The fourth-order valence-corrected chi connectivity index (χ4v) is 3.07. The molecular formula is C17H16N2O3S. The Hall–Kier alpha value is -2.36. The highest BCUT2D eigenvalue weighted by Crippen LogP contribution is 2.23. The number of nitrogens with zero attached hydrogens (tertiary/aromatic N) is 1. The minimum atomic E-state index is -0.241. The van der Waals surface area contributed by atoms with Crippen LogP contribution in [-0.4, -0.2) is 25.2 Å². The monoisotopic (exact) mass is 328 g/mol. The van der Waals surface area contributed by atoms with Gasteiger partial charge in [-0.15, -0.1) is 11.3 Å². The molecule has 1 atom stereocenters. The number of amides is 1. The number of rotatable bonds is 5. The molecule has 118 valence electrons. The van der Waals surface area contributed by atoms with E-state index in [4.69, 9.17) is 14.7 Å². The van der Waals surface area contributed by atoms with Gasteiger partial charge in [-0.05, 0) is 48.6 Å². The molecule has 3 rings (SSSR count). The lowest BCUT2D eigenvalue weighted by Gasteiger charge is -2.11. The maximum atomic E-state index is 12.2. The van der Waals surface area contributed by atoms with E-state index in [1.54, 1.807) is 35.7 Å². The van der Waals surface area contributed by atoms with Gasteiger partial charge in [0.2, 0.25) is 0 Å². The van der Waals surface area contributed by atoms with Crippen molar-refractivity contribution in [1.82, 2.24) is 0 Å². The van der Waals surface area contributed by atoms with Gasteiger partial charge in [-0.3, -0.25) is 4.79 Å². The summed E-state index contributed by atoms with van der Waals surface area (Å²) < 4.78 is 11.2. The number of carbonyl (C=O) groups excluding carboxylic acids is 1. The molecule has 0 aliphatic carbocycles. The third kappa shape index (κ3) is 3.89. The number of benzene rings is 1. The molecule has 0 unspecified atom stereocenters. The number of hydrogen-bond donors (Lipinski definition) is 1. The average molecular weight is 328 g/mol. The van der Waals surface area contributed by atoms with Crippen molar-refractivity contribution in [3.8, 4) is 11.8 Å². The Bertz CT molecular complexity index is 712. The second kappa shape index (κ2) is 7.27. The van der Waals surface area contributed by atoms with E-state index in [0.717, 1.165) is 19.4 Å². The van der Waals surface area contributed by atoms with E-state index in [1.165, 1.54) is 11.3 Å². The minimum absolute atomic E-state index is 0.168. The van der Waals surface area contributed by atoms with Gasteiger partial charge < -0.3 is 14.8 Å². The molecule has 1 N–H and O–H groups in total. The molecule has 0 radical (unpaired) electrons. The van der Waals surface area contributed by atoms with Crippen molar-refractivity contribution in [2.75, 3.05) is 18.5 Å². The van der Waals surface area contributed by atoms with Crippen LogP contribution in [-0.2, 0) is 4.74 Å². The Morgan fingerprint density at radius 1 is 1.39 bits per heavy atom. The third-order valence-corrected chi connectivity index (χ3v) is 4.42. The second-order valence-corrected chi connectivity index (χ2v) is 6.12. The van der Waals surface area contributed by atoms with Gasteiger partial charge in [0.05, 0.1) is 11.7 Å². The summed E-state index contributed by atoms with van der Waals surface area (Å²) in [4.78, 5) is 12.2. The number of nitrogens with one attached hydrogen (secondary N) is 1. The van der Waals surface area contributed by atoms with E-state index in [9.17, 15) is 4.79 Å². The second-order valence-electron chi connectivity index (χ2n) is 5.20. The van der Waals surface area contributed by atoms with Gasteiger partial charge in [-0.2, -0.15) is 5.26 Å². The van der Waals surface area contributed by atoms with Crippen molar-refractivity contribution in [2.24, 2.45) is 0 Å². The smallest absolute Gasteiger partial charge is 0.256 e. The Balaban J connectivity index is 1.58.